The van der Waals surface area contributed by atoms with E-state index in [2.05, 4.69) is 10.1 Å². The first kappa shape index (κ1) is 11.8. The monoisotopic (exact) mass is 248 g/mol. The van der Waals surface area contributed by atoms with Crippen LogP contribution in [0, 0.1) is 0 Å². The molecule has 0 amide bonds. The maximum Gasteiger partial charge on any atom is 0.325 e. The summed E-state index contributed by atoms with van der Waals surface area (Å²) >= 11 is 0. The van der Waals surface area contributed by atoms with Crippen molar-refractivity contribution in [2.45, 2.75) is 24.1 Å². The summed E-state index contributed by atoms with van der Waals surface area (Å²) in [6.07, 6.45) is 1.15. The van der Waals surface area contributed by atoms with Crippen LogP contribution >= 0.6 is 0 Å². The SMILES string of the molecule is COC(=O)C1CCN(C2CCNC2)S1(=O)=O. The van der Waals surface area contributed by atoms with Crippen LogP contribution in [0.15, 0.2) is 0 Å². The molecule has 0 aromatic carbocycles. The first-order chi connectivity index (χ1) is 7.57. The number of rotatable bonds is 2. The summed E-state index contributed by atoms with van der Waals surface area (Å²) in [7, 11) is -2.28. The molecule has 2 aliphatic rings. The molecule has 0 saturated carbocycles. The Morgan fingerprint density at radius 2 is 2.19 bits per heavy atom. The Hall–Kier alpha value is -0.660. The summed E-state index contributed by atoms with van der Waals surface area (Å²) in [6.45, 7) is 1.93. The number of carbonyl (C=O) groups is 1. The van der Waals surface area contributed by atoms with Crippen molar-refractivity contribution in [1.29, 1.82) is 0 Å². The molecule has 92 valence electrons. The fraction of sp³-hybridized carbons (Fsp3) is 0.889. The smallest absolute Gasteiger partial charge is 0.325 e. The third-order valence-corrected chi connectivity index (χ3v) is 5.49. The Bertz CT molecular complexity index is 375. The van der Waals surface area contributed by atoms with Crippen LogP contribution in [0.1, 0.15) is 12.8 Å². The van der Waals surface area contributed by atoms with E-state index in [1.165, 1.54) is 11.4 Å². The molecule has 2 fully saturated rings. The number of ether oxygens (including phenoxy) is 1. The number of esters is 1. The van der Waals surface area contributed by atoms with E-state index < -0.39 is 21.2 Å². The van der Waals surface area contributed by atoms with Crippen molar-refractivity contribution in [3.8, 4) is 0 Å². The van der Waals surface area contributed by atoms with Gasteiger partial charge in [0, 0.05) is 19.1 Å². The number of methoxy groups -OCH3 is 1. The molecule has 1 N–H and O–H groups in total. The zero-order valence-electron chi connectivity index (χ0n) is 9.18. The molecule has 0 aromatic heterocycles. The Morgan fingerprint density at radius 3 is 2.75 bits per heavy atom. The Morgan fingerprint density at radius 1 is 1.44 bits per heavy atom. The van der Waals surface area contributed by atoms with Crippen molar-refractivity contribution in [3.63, 3.8) is 0 Å². The molecule has 7 heteroatoms. The lowest BCUT2D eigenvalue weighted by Crippen LogP contribution is -2.41. The third-order valence-electron chi connectivity index (χ3n) is 3.20. The van der Waals surface area contributed by atoms with Crippen LogP contribution in [-0.2, 0) is 19.6 Å². The fourth-order valence-corrected chi connectivity index (χ4v) is 4.36. The zero-order valence-corrected chi connectivity index (χ0v) is 10.00. The Balaban J connectivity index is 2.17. The second-order valence-electron chi connectivity index (χ2n) is 4.10. The van der Waals surface area contributed by atoms with Gasteiger partial charge in [0.15, 0.2) is 5.25 Å². The Kier molecular flexibility index (Phi) is 3.18. The molecule has 0 spiro atoms. The van der Waals surface area contributed by atoms with E-state index in [1.54, 1.807) is 0 Å². The lowest BCUT2D eigenvalue weighted by molar-refractivity contribution is -0.140. The molecular weight excluding hydrogens is 232 g/mol. The van der Waals surface area contributed by atoms with Crippen molar-refractivity contribution in [3.05, 3.63) is 0 Å². The summed E-state index contributed by atoms with van der Waals surface area (Å²) in [6, 6.07) is -0.000318. The van der Waals surface area contributed by atoms with Crippen molar-refractivity contribution < 1.29 is 17.9 Å². The van der Waals surface area contributed by atoms with Crippen LogP contribution in [0.5, 0.6) is 0 Å². The summed E-state index contributed by atoms with van der Waals surface area (Å²) < 4.78 is 30.1. The molecule has 0 bridgehead atoms. The average molecular weight is 248 g/mol. The second kappa shape index (κ2) is 4.31. The van der Waals surface area contributed by atoms with Gasteiger partial charge in [-0.3, -0.25) is 4.79 Å². The molecule has 2 heterocycles. The highest BCUT2D eigenvalue weighted by Gasteiger charge is 2.47. The number of nitrogens with one attached hydrogen (secondary N) is 1. The van der Waals surface area contributed by atoms with E-state index in [-0.39, 0.29) is 6.04 Å². The zero-order chi connectivity index (χ0) is 11.8. The minimum absolute atomic E-state index is 0.000318. The molecule has 2 unspecified atom stereocenters. The number of carbonyl (C=O) groups excluding carboxylic acids is 1. The third kappa shape index (κ3) is 1.83. The predicted octanol–water partition coefficient (Wildman–Crippen LogP) is -1.07. The maximum absolute atomic E-state index is 12.1. The topological polar surface area (TPSA) is 75.7 Å². The highest BCUT2D eigenvalue weighted by atomic mass is 32.2. The van der Waals surface area contributed by atoms with Crippen LogP contribution in [0.4, 0.5) is 0 Å². The van der Waals surface area contributed by atoms with Crippen LogP contribution in [0.2, 0.25) is 0 Å². The number of hydrogen-bond donors (Lipinski definition) is 1. The fourth-order valence-electron chi connectivity index (χ4n) is 2.33. The lowest BCUT2D eigenvalue weighted by Gasteiger charge is -2.21. The van der Waals surface area contributed by atoms with Gasteiger partial charge in [0.1, 0.15) is 0 Å². The summed E-state index contributed by atoms with van der Waals surface area (Å²) in [5, 5.41) is 2.12. The van der Waals surface area contributed by atoms with Gasteiger partial charge >= 0.3 is 5.97 Å². The highest BCUT2D eigenvalue weighted by molar-refractivity contribution is 7.90. The Labute approximate surface area is 95.0 Å². The molecule has 0 radical (unpaired) electrons. The molecule has 16 heavy (non-hydrogen) atoms. The van der Waals surface area contributed by atoms with Crippen LogP contribution in [0.25, 0.3) is 0 Å². The number of hydrogen-bond acceptors (Lipinski definition) is 5. The van der Waals surface area contributed by atoms with Crippen molar-refractivity contribution in [2.75, 3.05) is 26.7 Å². The maximum atomic E-state index is 12.1. The lowest BCUT2D eigenvalue weighted by atomic mass is 10.2. The van der Waals surface area contributed by atoms with Gasteiger partial charge in [-0.05, 0) is 19.4 Å². The van der Waals surface area contributed by atoms with E-state index in [9.17, 15) is 13.2 Å². The van der Waals surface area contributed by atoms with Gasteiger partial charge in [-0.1, -0.05) is 0 Å². The van der Waals surface area contributed by atoms with Gasteiger partial charge in [0.05, 0.1) is 7.11 Å². The number of nitrogens with zero attached hydrogens (tertiary/aromatic N) is 1. The van der Waals surface area contributed by atoms with Gasteiger partial charge in [-0.2, -0.15) is 4.31 Å². The van der Waals surface area contributed by atoms with Gasteiger partial charge < -0.3 is 10.1 Å². The van der Waals surface area contributed by atoms with Crippen molar-refractivity contribution in [2.24, 2.45) is 0 Å². The first-order valence-electron chi connectivity index (χ1n) is 5.36. The quantitative estimate of drug-likeness (QED) is 0.629. The molecule has 2 rings (SSSR count). The standard InChI is InChI=1S/C9H16N2O4S/c1-15-9(12)8-3-5-11(16(8,13)14)7-2-4-10-6-7/h7-8,10H,2-6H2,1H3. The van der Waals surface area contributed by atoms with Crippen LogP contribution in [0.3, 0.4) is 0 Å². The van der Waals surface area contributed by atoms with Crippen molar-refractivity contribution in [1.82, 2.24) is 9.62 Å². The van der Waals surface area contributed by atoms with Crippen molar-refractivity contribution >= 4 is 16.0 Å². The van der Waals surface area contributed by atoms with Crippen LogP contribution < -0.4 is 5.32 Å². The summed E-state index contributed by atoms with van der Waals surface area (Å²) in [5.74, 6) is -0.645. The van der Waals surface area contributed by atoms with Gasteiger partial charge in [-0.15, -0.1) is 0 Å². The number of sulfonamides is 1. The normalized spacial score (nSPS) is 34.1. The predicted molar refractivity (Wildman–Crippen MR) is 57.3 cm³/mol. The molecule has 6 nitrogen and oxygen atoms in total. The molecular formula is C9H16N2O4S. The summed E-state index contributed by atoms with van der Waals surface area (Å²) in [4.78, 5) is 11.3. The van der Waals surface area contributed by atoms with E-state index in [4.69, 9.17) is 0 Å². The van der Waals surface area contributed by atoms with Gasteiger partial charge in [0.25, 0.3) is 0 Å². The van der Waals surface area contributed by atoms with E-state index in [0.717, 1.165) is 13.0 Å². The molecule has 2 atom stereocenters. The largest absolute Gasteiger partial charge is 0.468 e. The van der Waals surface area contributed by atoms with Gasteiger partial charge in [-0.25, -0.2) is 8.42 Å². The van der Waals surface area contributed by atoms with E-state index in [1.807, 2.05) is 0 Å². The van der Waals surface area contributed by atoms with Crippen LogP contribution in [-0.4, -0.2) is 56.7 Å². The minimum Gasteiger partial charge on any atom is -0.468 e. The average Bonchev–Trinajstić information content (AvgIpc) is 2.83. The minimum atomic E-state index is -3.50. The highest BCUT2D eigenvalue weighted by Crippen LogP contribution is 2.27. The molecule has 2 saturated heterocycles. The molecule has 2 aliphatic heterocycles. The van der Waals surface area contributed by atoms with E-state index >= 15 is 0 Å². The molecule has 0 aliphatic carbocycles. The van der Waals surface area contributed by atoms with E-state index in [0.29, 0.717) is 19.5 Å². The van der Waals surface area contributed by atoms with Gasteiger partial charge in [0.2, 0.25) is 10.0 Å². The molecule has 0 aromatic rings. The second-order valence-corrected chi connectivity index (χ2v) is 6.17. The summed E-state index contributed by atoms with van der Waals surface area (Å²) in [5.41, 5.74) is 0. The first-order valence-corrected chi connectivity index (χ1v) is 6.87.